The molecule has 1 aromatic carbocycles. The van der Waals surface area contributed by atoms with Gasteiger partial charge in [-0.3, -0.25) is 0 Å². The average molecular weight is 275 g/mol. The predicted octanol–water partition coefficient (Wildman–Crippen LogP) is 4.14. The van der Waals surface area contributed by atoms with E-state index >= 15 is 0 Å². The Kier molecular flexibility index (Phi) is 5.47. The second-order valence-corrected chi connectivity index (χ2v) is 6.08. The fourth-order valence-electron chi connectivity index (χ4n) is 3.58. The van der Waals surface area contributed by atoms with Gasteiger partial charge in [0, 0.05) is 12.0 Å². The molecule has 0 saturated heterocycles. The van der Waals surface area contributed by atoms with Crippen LogP contribution in [0.4, 0.5) is 0 Å². The van der Waals surface area contributed by atoms with E-state index in [0.29, 0.717) is 5.41 Å². The highest BCUT2D eigenvalue weighted by Gasteiger charge is 2.44. The average Bonchev–Trinajstić information content (AvgIpc) is 2.43. The number of likely N-dealkylation sites (N-methyl/N-ethyl adjacent to an activating group) is 1. The van der Waals surface area contributed by atoms with Crippen molar-refractivity contribution in [3.05, 3.63) is 29.8 Å². The van der Waals surface area contributed by atoms with Crippen LogP contribution in [-0.4, -0.2) is 19.7 Å². The summed E-state index contributed by atoms with van der Waals surface area (Å²) in [6.45, 7) is 9.41. The van der Waals surface area contributed by atoms with Crippen molar-refractivity contribution >= 4 is 0 Å². The molecule has 0 unspecified atom stereocenters. The maximum atomic E-state index is 5.55. The van der Waals surface area contributed by atoms with Gasteiger partial charge in [0.2, 0.25) is 0 Å². The Morgan fingerprint density at radius 1 is 1.15 bits per heavy atom. The van der Waals surface area contributed by atoms with E-state index in [9.17, 15) is 0 Å². The molecule has 0 radical (unpaired) electrons. The Bertz CT molecular complexity index is 392. The highest BCUT2D eigenvalue weighted by molar-refractivity contribution is 5.35. The van der Waals surface area contributed by atoms with E-state index in [1.807, 2.05) is 6.92 Å². The van der Waals surface area contributed by atoms with E-state index in [1.165, 1.54) is 31.2 Å². The lowest BCUT2D eigenvalue weighted by molar-refractivity contribution is 0.129. The van der Waals surface area contributed by atoms with Gasteiger partial charge in [-0.25, -0.2) is 0 Å². The standard InChI is InChI=1S/C18H29NO/c1-4-7-15-12-18(13-15,14-19-5-2)16-8-10-17(11-9-16)20-6-3/h8-11,15,19H,4-7,12-14H2,1-3H3. The molecule has 1 aliphatic carbocycles. The maximum absolute atomic E-state index is 5.55. The van der Waals surface area contributed by atoms with Crippen molar-refractivity contribution < 1.29 is 4.74 Å². The van der Waals surface area contributed by atoms with Crippen LogP contribution in [0.1, 0.15) is 52.0 Å². The Hall–Kier alpha value is -1.02. The summed E-state index contributed by atoms with van der Waals surface area (Å²) < 4.78 is 5.55. The number of hydrogen-bond acceptors (Lipinski definition) is 2. The minimum absolute atomic E-state index is 0.362. The van der Waals surface area contributed by atoms with Crippen molar-refractivity contribution in [2.45, 2.75) is 51.9 Å². The van der Waals surface area contributed by atoms with Gasteiger partial charge in [-0.2, -0.15) is 0 Å². The van der Waals surface area contributed by atoms with E-state index in [-0.39, 0.29) is 0 Å². The molecular weight excluding hydrogens is 246 g/mol. The van der Waals surface area contributed by atoms with Gasteiger partial charge in [-0.1, -0.05) is 38.8 Å². The van der Waals surface area contributed by atoms with E-state index in [1.54, 1.807) is 0 Å². The number of ether oxygens (including phenoxy) is 1. The second-order valence-electron chi connectivity index (χ2n) is 6.08. The molecule has 0 atom stereocenters. The number of nitrogens with one attached hydrogen (secondary N) is 1. The van der Waals surface area contributed by atoms with Gasteiger partial charge < -0.3 is 10.1 Å². The molecule has 2 nitrogen and oxygen atoms in total. The van der Waals surface area contributed by atoms with Crippen LogP contribution >= 0.6 is 0 Å². The monoisotopic (exact) mass is 275 g/mol. The SMILES string of the molecule is CCCC1CC(CNCC)(c2ccc(OCC)cc2)C1. The van der Waals surface area contributed by atoms with Crippen molar-refractivity contribution in [1.82, 2.24) is 5.32 Å². The first-order chi connectivity index (χ1) is 9.74. The quantitative estimate of drug-likeness (QED) is 0.770. The molecule has 112 valence electrons. The molecule has 1 saturated carbocycles. The summed E-state index contributed by atoms with van der Waals surface area (Å²) in [6.07, 6.45) is 5.36. The van der Waals surface area contributed by atoms with Crippen LogP contribution in [-0.2, 0) is 5.41 Å². The Balaban J connectivity index is 2.07. The molecule has 1 aliphatic rings. The van der Waals surface area contributed by atoms with Gasteiger partial charge in [0.15, 0.2) is 0 Å². The van der Waals surface area contributed by atoms with Crippen molar-refractivity contribution in [3.8, 4) is 5.75 Å². The summed E-state index contributed by atoms with van der Waals surface area (Å²) in [7, 11) is 0. The fraction of sp³-hybridized carbons (Fsp3) is 0.667. The lowest BCUT2D eigenvalue weighted by atomic mass is 9.57. The van der Waals surface area contributed by atoms with E-state index in [2.05, 4.69) is 43.4 Å². The lowest BCUT2D eigenvalue weighted by Gasteiger charge is -2.49. The van der Waals surface area contributed by atoms with Crippen molar-refractivity contribution in [1.29, 1.82) is 0 Å². The normalized spacial score (nSPS) is 25.2. The van der Waals surface area contributed by atoms with Crippen LogP contribution in [0, 0.1) is 5.92 Å². The second kappa shape index (κ2) is 7.12. The molecule has 0 aromatic heterocycles. The molecule has 20 heavy (non-hydrogen) atoms. The van der Waals surface area contributed by atoms with Crippen LogP contribution in [0.5, 0.6) is 5.75 Å². The van der Waals surface area contributed by atoms with E-state index < -0.39 is 0 Å². The first-order valence-electron chi connectivity index (χ1n) is 8.18. The summed E-state index contributed by atoms with van der Waals surface area (Å²) in [5.74, 6) is 1.91. The molecule has 0 spiro atoms. The zero-order chi connectivity index (χ0) is 14.4. The van der Waals surface area contributed by atoms with E-state index in [0.717, 1.165) is 31.4 Å². The molecule has 0 bridgehead atoms. The summed E-state index contributed by atoms with van der Waals surface area (Å²) in [6, 6.07) is 8.79. The van der Waals surface area contributed by atoms with Gasteiger partial charge in [0.25, 0.3) is 0 Å². The Morgan fingerprint density at radius 3 is 2.40 bits per heavy atom. The molecule has 1 fully saturated rings. The molecule has 1 N–H and O–H groups in total. The molecule has 0 aliphatic heterocycles. The molecular formula is C18H29NO. The summed E-state index contributed by atoms with van der Waals surface area (Å²) in [4.78, 5) is 0. The predicted molar refractivity (Wildman–Crippen MR) is 85.5 cm³/mol. The third kappa shape index (κ3) is 3.35. The zero-order valence-electron chi connectivity index (χ0n) is 13.2. The molecule has 2 rings (SSSR count). The summed E-state index contributed by atoms with van der Waals surface area (Å²) in [5, 5.41) is 3.56. The molecule has 0 heterocycles. The van der Waals surface area contributed by atoms with Crippen molar-refractivity contribution in [2.75, 3.05) is 19.7 Å². The molecule has 0 amide bonds. The lowest BCUT2D eigenvalue weighted by Crippen LogP contribution is -2.48. The first-order valence-corrected chi connectivity index (χ1v) is 8.18. The van der Waals surface area contributed by atoms with Crippen molar-refractivity contribution in [3.63, 3.8) is 0 Å². The largest absolute Gasteiger partial charge is 0.494 e. The van der Waals surface area contributed by atoms with Gasteiger partial charge in [-0.05, 0) is 49.9 Å². The fourth-order valence-corrected chi connectivity index (χ4v) is 3.58. The van der Waals surface area contributed by atoms with E-state index in [4.69, 9.17) is 4.74 Å². The van der Waals surface area contributed by atoms with Crippen LogP contribution in [0.15, 0.2) is 24.3 Å². The van der Waals surface area contributed by atoms with Gasteiger partial charge in [-0.15, -0.1) is 0 Å². The third-order valence-electron chi connectivity index (χ3n) is 4.55. The minimum atomic E-state index is 0.362. The minimum Gasteiger partial charge on any atom is -0.494 e. The van der Waals surface area contributed by atoms with Crippen LogP contribution < -0.4 is 10.1 Å². The summed E-state index contributed by atoms with van der Waals surface area (Å²) >= 11 is 0. The van der Waals surface area contributed by atoms with Crippen molar-refractivity contribution in [2.24, 2.45) is 5.92 Å². The Morgan fingerprint density at radius 2 is 1.85 bits per heavy atom. The maximum Gasteiger partial charge on any atom is 0.119 e. The Labute approximate surface area is 123 Å². The zero-order valence-corrected chi connectivity index (χ0v) is 13.2. The third-order valence-corrected chi connectivity index (χ3v) is 4.55. The smallest absolute Gasteiger partial charge is 0.119 e. The number of benzene rings is 1. The number of hydrogen-bond donors (Lipinski definition) is 1. The summed E-state index contributed by atoms with van der Waals surface area (Å²) in [5.41, 5.74) is 1.84. The highest BCUT2D eigenvalue weighted by Crippen LogP contribution is 2.49. The van der Waals surface area contributed by atoms with Gasteiger partial charge in [0.1, 0.15) is 5.75 Å². The number of rotatable bonds is 8. The molecule has 1 aromatic rings. The van der Waals surface area contributed by atoms with Crippen LogP contribution in [0.25, 0.3) is 0 Å². The first kappa shape index (κ1) is 15.4. The topological polar surface area (TPSA) is 21.3 Å². The highest BCUT2D eigenvalue weighted by atomic mass is 16.5. The van der Waals surface area contributed by atoms with Crippen LogP contribution in [0.2, 0.25) is 0 Å². The van der Waals surface area contributed by atoms with Crippen LogP contribution in [0.3, 0.4) is 0 Å². The van der Waals surface area contributed by atoms with Gasteiger partial charge in [0.05, 0.1) is 6.61 Å². The van der Waals surface area contributed by atoms with Gasteiger partial charge >= 0.3 is 0 Å². The molecule has 2 heteroatoms.